The van der Waals surface area contributed by atoms with Crippen LogP contribution in [0, 0.1) is 0 Å². The third-order valence-electron chi connectivity index (χ3n) is 1.95. The van der Waals surface area contributed by atoms with E-state index in [2.05, 4.69) is 18.4 Å². The summed E-state index contributed by atoms with van der Waals surface area (Å²) in [5.41, 5.74) is 1.31. The Labute approximate surface area is 105 Å². The zero-order valence-corrected chi connectivity index (χ0v) is 12.9. The molecule has 2 nitrogen and oxygen atoms in total. The van der Waals surface area contributed by atoms with Crippen LogP contribution in [0.15, 0.2) is 11.4 Å². The van der Waals surface area contributed by atoms with Crippen LogP contribution in [-0.4, -0.2) is 33.7 Å². The molecule has 0 atom stereocenters. The Morgan fingerprint density at radius 1 is 1.60 bits per heavy atom. The van der Waals surface area contributed by atoms with E-state index in [9.17, 15) is 4.79 Å². The third-order valence-corrected chi connectivity index (χ3v) is 6.90. The number of ether oxygens (including phenoxy) is 1. The van der Waals surface area contributed by atoms with E-state index in [1.165, 1.54) is 26.2 Å². The van der Waals surface area contributed by atoms with Crippen molar-refractivity contribution in [3.05, 3.63) is 21.9 Å². The molecule has 0 N–H and O–H groups in total. The monoisotopic (exact) mass is 332 g/mol. The molecule has 1 aromatic heterocycles. The summed E-state index contributed by atoms with van der Waals surface area (Å²) in [6.07, 6.45) is 0.854. The zero-order valence-electron chi connectivity index (χ0n) is 9.21. The fourth-order valence-corrected chi connectivity index (χ4v) is 5.11. The molecule has 2 radical (unpaired) electrons. The average Bonchev–Trinajstić information content (AvgIpc) is 2.62. The molecule has 0 aliphatic heterocycles. The first kappa shape index (κ1) is 13.0. The van der Waals surface area contributed by atoms with Crippen molar-refractivity contribution in [2.45, 2.75) is 29.1 Å². The summed E-state index contributed by atoms with van der Waals surface area (Å²) in [6, 6.07) is 2.27. The summed E-state index contributed by atoms with van der Waals surface area (Å²) in [7, 11) is 0. The molecular weight excluding hydrogens is 315 g/mol. The Hall–Kier alpha value is -0.0313. The van der Waals surface area contributed by atoms with Crippen molar-refractivity contribution in [3.63, 3.8) is 0 Å². The predicted octanol–water partition coefficient (Wildman–Crippen LogP) is 2.50. The van der Waals surface area contributed by atoms with Gasteiger partial charge in [-0.15, -0.1) is 0 Å². The summed E-state index contributed by atoms with van der Waals surface area (Å²) in [5.74, 6) is -0.189. The van der Waals surface area contributed by atoms with Gasteiger partial charge < -0.3 is 0 Å². The van der Waals surface area contributed by atoms with Crippen molar-refractivity contribution in [2.24, 2.45) is 0 Å². The maximum atomic E-state index is 10.6. The van der Waals surface area contributed by atoms with Crippen LogP contribution < -0.4 is 0 Å². The summed E-state index contributed by atoms with van der Waals surface area (Å²) in [4.78, 5) is 12.1. The molecule has 0 saturated carbocycles. The van der Waals surface area contributed by atoms with Crippen LogP contribution in [0.2, 0.25) is 4.44 Å². The number of rotatable bonds is 6. The van der Waals surface area contributed by atoms with Gasteiger partial charge in [-0.1, -0.05) is 0 Å². The molecule has 0 unspecified atom stereocenters. The van der Waals surface area contributed by atoms with E-state index in [1.54, 1.807) is 0 Å². The molecule has 0 spiro atoms. The molecule has 82 valence electrons. The Balaban J connectivity index is 2.29. The molecule has 15 heavy (non-hydrogen) atoms. The van der Waals surface area contributed by atoms with Crippen LogP contribution in [0.4, 0.5) is 0 Å². The molecule has 0 bridgehead atoms. The standard InChI is InChI=1S/C9H11O2S.C2H5.Sn/c1-7-5-9(6-12-7)3-4-11-8(2)10;1-2;/h5-6H,1,3-4H2,2H3;1H2,2H3;. The van der Waals surface area contributed by atoms with Gasteiger partial charge in [0, 0.05) is 0 Å². The molecule has 0 aliphatic rings. The van der Waals surface area contributed by atoms with Gasteiger partial charge in [0.15, 0.2) is 0 Å². The molecule has 1 heterocycles. The summed E-state index contributed by atoms with van der Waals surface area (Å²) in [5, 5.41) is 2.19. The number of carbonyl (C=O) groups excluding carboxylic acids is 1. The molecule has 0 saturated heterocycles. The van der Waals surface area contributed by atoms with Gasteiger partial charge in [0.05, 0.1) is 0 Å². The van der Waals surface area contributed by atoms with Crippen LogP contribution in [0.3, 0.4) is 0 Å². The van der Waals surface area contributed by atoms with Crippen molar-refractivity contribution in [1.29, 1.82) is 0 Å². The van der Waals surface area contributed by atoms with Crippen molar-refractivity contribution in [1.82, 2.24) is 0 Å². The van der Waals surface area contributed by atoms with Gasteiger partial charge in [0.2, 0.25) is 0 Å². The Kier molecular flexibility index (Phi) is 6.32. The Morgan fingerprint density at radius 3 is 3.07 bits per heavy atom. The quantitative estimate of drug-likeness (QED) is 0.591. The summed E-state index contributed by atoms with van der Waals surface area (Å²) in [6.45, 7) is 4.24. The number of carbonyl (C=O) groups is 1. The van der Waals surface area contributed by atoms with Gasteiger partial charge in [0.1, 0.15) is 0 Å². The van der Waals surface area contributed by atoms with E-state index in [1.807, 2.05) is 11.3 Å². The predicted molar refractivity (Wildman–Crippen MR) is 64.6 cm³/mol. The molecule has 1 aromatic rings. The van der Waals surface area contributed by atoms with Crippen LogP contribution in [0.1, 0.15) is 24.3 Å². The van der Waals surface area contributed by atoms with Gasteiger partial charge in [-0.3, -0.25) is 0 Å². The van der Waals surface area contributed by atoms with Gasteiger partial charge in [-0.25, -0.2) is 0 Å². The summed E-state index contributed by atoms with van der Waals surface area (Å²) >= 11 is 1.73. The second-order valence-electron chi connectivity index (χ2n) is 3.29. The minimum absolute atomic E-state index is 0.122. The van der Waals surface area contributed by atoms with Gasteiger partial charge in [-0.2, -0.15) is 0 Å². The Bertz CT molecular complexity index is 309. The van der Waals surface area contributed by atoms with Crippen molar-refractivity contribution in [3.8, 4) is 0 Å². The van der Waals surface area contributed by atoms with Crippen molar-refractivity contribution < 1.29 is 9.53 Å². The molecule has 4 heteroatoms. The fraction of sp³-hybridized carbons (Fsp3) is 0.545. The number of esters is 1. The fourth-order valence-electron chi connectivity index (χ4n) is 1.21. The first-order valence-electron chi connectivity index (χ1n) is 5.12. The van der Waals surface area contributed by atoms with Crippen LogP contribution in [0.5, 0.6) is 0 Å². The zero-order chi connectivity index (χ0) is 11.1. The molecule has 0 aromatic carbocycles. The normalized spacial score (nSPS) is 10.3. The SMILES string of the molecule is C[CH2][Sn][CH2]c1cc(CCOC(C)=O)cs1. The first-order valence-corrected chi connectivity index (χ1v) is 10.0. The van der Waals surface area contributed by atoms with E-state index >= 15 is 0 Å². The van der Waals surface area contributed by atoms with Gasteiger partial charge in [-0.05, 0) is 0 Å². The van der Waals surface area contributed by atoms with Gasteiger partial charge >= 0.3 is 106 Å². The van der Waals surface area contributed by atoms with Gasteiger partial charge in [0.25, 0.3) is 0 Å². The van der Waals surface area contributed by atoms with Crippen LogP contribution in [0.25, 0.3) is 0 Å². The minimum atomic E-state index is -0.189. The van der Waals surface area contributed by atoms with E-state index in [4.69, 9.17) is 4.74 Å². The first-order chi connectivity index (χ1) is 7.22. The Morgan fingerprint density at radius 2 is 2.40 bits per heavy atom. The van der Waals surface area contributed by atoms with Crippen molar-refractivity contribution in [2.75, 3.05) is 6.61 Å². The molecule has 0 amide bonds. The topological polar surface area (TPSA) is 26.3 Å². The third kappa shape index (κ3) is 5.56. The van der Waals surface area contributed by atoms with E-state index < -0.39 is 0 Å². The second kappa shape index (κ2) is 7.28. The number of hydrogen-bond acceptors (Lipinski definition) is 3. The average molecular weight is 331 g/mol. The molecule has 0 fully saturated rings. The molecule has 0 aliphatic carbocycles. The van der Waals surface area contributed by atoms with E-state index in [-0.39, 0.29) is 27.1 Å². The van der Waals surface area contributed by atoms with Crippen molar-refractivity contribution >= 4 is 38.4 Å². The van der Waals surface area contributed by atoms with Crippen LogP contribution >= 0.6 is 11.3 Å². The number of thiophene rings is 1. The maximum absolute atomic E-state index is 10.6. The van der Waals surface area contributed by atoms with Crippen LogP contribution in [-0.2, 0) is 20.4 Å². The summed E-state index contributed by atoms with van der Waals surface area (Å²) < 4.78 is 7.66. The van der Waals surface area contributed by atoms with E-state index in [0.717, 1.165) is 6.42 Å². The molecular formula is C11H16O2SSn. The number of hydrogen-bond donors (Lipinski definition) is 0. The second-order valence-corrected chi connectivity index (χ2v) is 8.74. The molecule has 1 rings (SSSR count). The van der Waals surface area contributed by atoms with E-state index in [0.29, 0.717) is 6.61 Å².